The van der Waals surface area contributed by atoms with Gasteiger partial charge in [0.1, 0.15) is 0 Å². The molecule has 0 spiro atoms. The van der Waals surface area contributed by atoms with E-state index in [2.05, 4.69) is 53.3 Å². The van der Waals surface area contributed by atoms with Crippen LogP contribution >= 0.6 is 12.2 Å². The molecule has 3 aliphatic rings. The maximum absolute atomic E-state index is 12.5. The van der Waals surface area contributed by atoms with Gasteiger partial charge in [0.15, 0.2) is 57.1 Å². The van der Waals surface area contributed by atoms with Crippen LogP contribution in [0.2, 0.25) is 0 Å². The third-order valence-corrected chi connectivity index (χ3v) is 7.86. The summed E-state index contributed by atoms with van der Waals surface area (Å²) in [6, 6.07) is 6.77. The van der Waals surface area contributed by atoms with Crippen molar-refractivity contribution in [3.05, 3.63) is 105 Å². The molecule has 18 nitrogen and oxygen atoms in total. The van der Waals surface area contributed by atoms with Crippen LogP contribution in [0.25, 0.3) is 11.2 Å². The van der Waals surface area contributed by atoms with Crippen molar-refractivity contribution in [2.75, 3.05) is 0 Å². The van der Waals surface area contributed by atoms with E-state index in [9.17, 15) is 35.9 Å². The molecule has 6 aromatic heterocycles. The van der Waals surface area contributed by atoms with Crippen LogP contribution in [0.1, 0.15) is 54.0 Å². The van der Waals surface area contributed by atoms with E-state index in [4.69, 9.17) is 36.4 Å². The van der Waals surface area contributed by atoms with E-state index < -0.39 is 24.9 Å². The lowest BCUT2D eigenvalue weighted by Crippen LogP contribution is -2.25. The Kier molecular flexibility index (Phi) is 14.1. The van der Waals surface area contributed by atoms with Crippen molar-refractivity contribution in [2.24, 2.45) is 0 Å². The van der Waals surface area contributed by atoms with Crippen molar-refractivity contribution in [2.45, 2.75) is 65.5 Å². The summed E-state index contributed by atoms with van der Waals surface area (Å²) < 4.78 is 110. The highest BCUT2D eigenvalue weighted by Crippen LogP contribution is 2.42. The zero-order chi connectivity index (χ0) is 45.4. The van der Waals surface area contributed by atoms with E-state index in [1.54, 1.807) is 6.20 Å². The van der Waals surface area contributed by atoms with Crippen LogP contribution in [0.3, 0.4) is 0 Å². The molecular weight excluding hydrogens is 868 g/mol. The summed E-state index contributed by atoms with van der Waals surface area (Å²) in [6.07, 6.45) is -2.46. The third kappa shape index (κ3) is 12.2. The number of nitrogens with one attached hydrogen (secondary N) is 1. The number of pyridine rings is 5. The zero-order valence-corrected chi connectivity index (χ0v) is 32.8. The number of carbonyl (C=O) groups is 1. The number of alkyl halides is 6. The van der Waals surface area contributed by atoms with Gasteiger partial charge in [-0.1, -0.05) is 20.8 Å². The van der Waals surface area contributed by atoms with Gasteiger partial charge < -0.3 is 57.6 Å². The first-order valence-electron chi connectivity index (χ1n) is 17.6. The van der Waals surface area contributed by atoms with Crippen molar-refractivity contribution in [1.82, 2.24) is 24.9 Å². The second-order valence-corrected chi connectivity index (χ2v) is 12.4. The first-order chi connectivity index (χ1) is 29.2. The molecule has 4 N–H and O–H groups in total. The van der Waals surface area contributed by atoms with E-state index in [1.165, 1.54) is 30.6 Å². The molecule has 9 rings (SSSR count). The van der Waals surface area contributed by atoms with Crippen LogP contribution in [0.15, 0.2) is 74.9 Å². The van der Waals surface area contributed by atoms with Crippen LogP contribution in [0, 0.1) is 4.90 Å². The first-order valence-corrected chi connectivity index (χ1v) is 18.0. The summed E-state index contributed by atoms with van der Waals surface area (Å²) in [5.74, 6) is -2.35. The standard InChI is InChI=1S/C8H7F2NO2.C8H7NO2S.C7H3F2NO4.C7H5F2NO3.C7H9NO2/c1-2-5-3-6-7(4-11-5)13-8(9,10)12-6;1-2-5-3-6-7(4-9-5)11-8(12)10-6;8-7(9)13-4-1-3(6(11)12)10-2-5(4)14-7;8-7(9)12-5-1-4(3-11)10-2-6(5)13-7;1-2-5-3-6(9)7(10)4-8-5/h3-4H,2H2,1H3;3-4H,2H2,1H3;1-2H,(H,11,12);1-2,11H,3H2;3-4,10H,2H2,1H3,(H,8,9). The number of aromatic amines is 1. The Morgan fingerprint density at radius 3 is 1.60 bits per heavy atom. The topological polar surface area (TPSA) is 244 Å². The Morgan fingerprint density at radius 1 is 0.645 bits per heavy atom. The summed E-state index contributed by atoms with van der Waals surface area (Å²) in [5, 5.41) is 25.9. The molecule has 6 aromatic rings. The number of halogens is 6. The average Bonchev–Trinajstić information content (AvgIpc) is 3.95. The number of rotatable bonds is 5. The summed E-state index contributed by atoms with van der Waals surface area (Å²) in [6.45, 7) is 5.51. The average molecular weight is 900 g/mol. The minimum Gasteiger partial charge on any atom is -0.503 e. The number of ether oxygens (including phenoxy) is 6. The molecule has 0 unspecified atom stereocenters. The predicted molar refractivity (Wildman–Crippen MR) is 198 cm³/mol. The number of H-pyrrole nitrogens is 1. The Balaban J connectivity index is 0.000000147. The molecule has 0 bridgehead atoms. The lowest BCUT2D eigenvalue weighted by Gasteiger charge is -2.04. The highest BCUT2D eigenvalue weighted by molar-refractivity contribution is 7.71. The van der Waals surface area contributed by atoms with Crippen molar-refractivity contribution >= 4 is 29.4 Å². The molecule has 0 saturated carbocycles. The van der Waals surface area contributed by atoms with Crippen LogP contribution < -0.4 is 33.8 Å². The van der Waals surface area contributed by atoms with Crippen molar-refractivity contribution in [3.8, 4) is 40.2 Å². The molecule has 3 aliphatic heterocycles. The number of aromatic nitrogens is 5. The number of aliphatic hydroxyl groups excluding tert-OH is 1. The van der Waals surface area contributed by atoms with Crippen LogP contribution in [0.4, 0.5) is 26.3 Å². The number of nitrogens with zero attached hydrogens (tertiary/aromatic N) is 4. The van der Waals surface area contributed by atoms with Gasteiger partial charge in [0.25, 0.3) is 0 Å². The van der Waals surface area contributed by atoms with Crippen LogP contribution in [0.5, 0.6) is 40.2 Å². The van der Waals surface area contributed by atoms with Gasteiger partial charge in [0, 0.05) is 65.8 Å². The van der Waals surface area contributed by atoms with Crippen molar-refractivity contribution in [1.29, 1.82) is 0 Å². The van der Waals surface area contributed by atoms with Gasteiger partial charge in [0.05, 0.1) is 37.1 Å². The fourth-order valence-corrected chi connectivity index (χ4v) is 4.96. The molecule has 0 aromatic carbocycles. The van der Waals surface area contributed by atoms with Gasteiger partial charge in [-0.3, -0.25) is 19.7 Å². The fourth-order valence-electron chi connectivity index (χ4n) is 4.78. The van der Waals surface area contributed by atoms with Crippen molar-refractivity contribution in [3.63, 3.8) is 0 Å². The van der Waals surface area contributed by atoms with Gasteiger partial charge in [-0.2, -0.15) is 0 Å². The molecule has 0 amide bonds. The van der Waals surface area contributed by atoms with Crippen LogP contribution in [-0.2, 0) is 25.9 Å². The third-order valence-electron chi connectivity index (χ3n) is 7.69. The molecule has 25 heteroatoms. The number of aryl methyl sites for hydroxylation is 3. The van der Waals surface area contributed by atoms with E-state index in [0.29, 0.717) is 23.3 Å². The van der Waals surface area contributed by atoms with Gasteiger partial charge in [0.2, 0.25) is 5.43 Å². The molecule has 330 valence electrons. The summed E-state index contributed by atoms with van der Waals surface area (Å²) in [5.41, 5.74) is 3.33. The number of hydrogen-bond donors (Lipinski definition) is 4. The Labute approximate surface area is 348 Å². The molecule has 9 heterocycles. The fraction of sp³-hybridized carbons (Fsp3) is 0.270. The first kappa shape index (κ1) is 45.9. The number of hydrogen-bond acceptors (Lipinski definition) is 17. The second-order valence-electron chi connectivity index (χ2n) is 12.1. The maximum atomic E-state index is 12.5. The number of carboxylic acids is 1. The van der Waals surface area contributed by atoms with Gasteiger partial charge in [-0.05, 0) is 19.3 Å². The number of aromatic hydroxyl groups is 1. The Morgan fingerprint density at radius 2 is 1.10 bits per heavy atom. The van der Waals surface area contributed by atoms with Gasteiger partial charge in [-0.25, -0.2) is 9.78 Å². The highest BCUT2D eigenvalue weighted by atomic mass is 32.1. The predicted octanol–water partition coefficient (Wildman–Crippen LogP) is 7.32. The number of aromatic carboxylic acids is 1. The van der Waals surface area contributed by atoms with Gasteiger partial charge >= 0.3 is 29.8 Å². The van der Waals surface area contributed by atoms with E-state index in [0.717, 1.165) is 42.7 Å². The maximum Gasteiger partial charge on any atom is 0.586 e. The minimum absolute atomic E-state index is 0.0119. The Bertz CT molecular complexity index is 2600. The molecule has 62 heavy (non-hydrogen) atoms. The number of aliphatic hydroxyl groups is 1. The number of fused-ring (bicyclic) bond motifs is 4. The molecule has 0 atom stereocenters. The summed E-state index contributed by atoms with van der Waals surface area (Å²) >= 11 is 4.73. The SMILES string of the molecule is CCc1cc(=O)c(O)c[nH]1.CCc1cc2c(cn1)OC(F)(F)O2.CCc1cc2oc(=S)oc2cn1.O=C(O)c1cc2c(cn1)OC(F)(F)O2.OCc1cc2c(cn1)OC(F)(F)O2. The van der Waals surface area contributed by atoms with Crippen LogP contribution in [-0.4, -0.2) is 65.1 Å². The van der Waals surface area contributed by atoms with E-state index in [-0.39, 0.29) is 68.6 Å². The summed E-state index contributed by atoms with van der Waals surface area (Å²) in [4.78, 5) is 39.1. The molecular formula is C37H31F6N5O13S. The molecule has 0 saturated heterocycles. The lowest BCUT2D eigenvalue weighted by molar-refractivity contribution is -0.287. The highest BCUT2D eigenvalue weighted by Gasteiger charge is 2.45. The Hall–Kier alpha value is -7.15. The van der Waals surface area contributed by atoms with Gasteiger partial charge in [-0.15, -0.1) is 26.3 Å². The largest absolute Gasteiger partial charge is 0.586 e. The van der Waals surface area contributed by atoms with Crippen molar-refractivity contribution < 1.29 is 83.7 Å². The monoisotopic (exact) mass is 899 g/mol. The molecule has 0 fully saturated rings. The lowest BCUT2D eigenvalue weighted by atomic mass is 10.3. The van der Waals surface area contributed by atoms with E-state index >= 15 is 0 Å². The second kappa shape index (κ2) is 19.1. The number of carboxylic acid groups (broad SMARTS) is 1. The minimum atomic E-state index is -3.75. The zero-order valence-electron chi connectivity index (χ0n) is 32.0. The normalized spacial score (nSPS) is 14.7. The summed E-state index contributed by atoms with van der Waals surface area (Å²) in [7, 11) is 0. The quantitative estimate of drug-likeness (QED) is 0.0978. The van der Waals surface area contributed by atoms with E-state index in [1.807, 2.05) is 26.8 Å². The smallest absolute Gasteiger partial charge is 0.503 e. The molecule has 0 radical (unpaired) electrons. The molecule has 0 aliphatic carbocycles.